The second kappa shape index (κ2) is 60.9. The molecule has 0 saturated carbocycles. The van der Waals surface area contributed by atoms with E-state index in [0.29, 0.717) is 19.3 Å². The average Bonchev–Trinajstić information content (AvgIpc) is 3.38. The molecule has 0 aromatic rings. The number of allylic oxidation sites excluding steroid dienone is 8. The molecular weight excluding hydrogens is 889 g/mol. The van der Waals surface area contributed by atoms with Crippen LogP contribution in [0.2, 0.25) is 0 Å². The van der Waals surface area contributed by atoms with Gasteiger partial charge in [0.25, 0.3) is 0 Å². The summed E-state index contributed by atoms with van der Waals surface area (Å²) in [7, 11) is 0. The fourth-order valence-electron chi connectivity index (χ4n) is 9.40. The van der Waals surface area contributed by atoms with Gasteiger partial charge in [-0.15, -0.1) is 0 Å². The van der Waals surface area contributed by atoms with E-state index in [4.69, 9.17) is 14.2 Å². The van der Waals surface area contributed by atoms with Crippen molar-refractivity contribution in [1.29, 1.82) is 0 Å². The second-order valence-corrected chi connectivity index (χ2v) is 21.3. The zero-order chi connectivity index (χ0) is 52.2. The van der Waals surface area contributed by atoms with Crippen molar-refractivity contribution in [2.45, 2.75) is 341 Å². The molecule has 0 spiro atoms. The number of esters is 3. The van der Waals surface area contributed by atoms with Gasteiger partial charge in [0, 0.05) is 19.3 Å². The van der Waals surface area contributed by atoms with E-state index in [9.17, 15) is 14.4 Å². The summed E-state index contributed by atoms with van der Waals surface area (Å²) in [6, 6.07) is 0. The van der Waals surface area contributed by atoms with E-state index in [-0.39, 0.29) is 37.5 Å². The summed E-state index contributed by atoms with van der Waals surface area (Å²) in [5, 5.41) is 0. The molecule has 0 aliphatic carbocycles. The third kappa shape index (κ3) is 58.3. The van der Waals surface area contributed by atoms with Gasteiger partial charge in [-0.25, -0.2) is 0 Å². The first kappa shape index (κ1) is 69.4. The summed E-state index contributed by atoms with van der Waals surface area (Å²) in [6.07, 6.45) is 76.5. The lowest BCUT2D eigenvalue weighted by molar-refractivity contribution is -0.166. The highest BCUT2D eigenvalue weighted by Gasteiger charge is 2.19. The Morgan fingerprint density at radius 2 is 0.542 bits per heavy atom. The molecule has 0 fully saturated rings. The predicted octanol–water partition coefficient (Wildman–Crippen LogP) is 21.4. The van der Waals surface area contributed by atoms with E-state index in [2.05, 4.69) is 57.2 Å². The number of hydrogen-bond donors (Lipinski definition) is 0. The minimum absolute atomic E-state index is 0.0987. The standard InChI is InChI=1S/C66H120O6/c1-4-7-10-13-16-18-20-22-23-24-25-26-27-28-29-30-31-32-33-34-35-36-37-38-39-40-41-42-43-45-46-48-50-53-56-59-65(68)71-62-63(61-70-64(67)58-55-52-15-12-9-6-3)72-66(69)60-57-54-51-49-47-44-21-19-17-14-11-8-5-2/h8,11,17,19,44,47,51,54,63H,4-7,9-10,12-16,18,20-43,45-46,48-50,52-53,55-62H2,1-3H3/b11-8-,19-17-,47-44-,54-51-. The fraction of sp³-hybridized carbons (Fsp3) is 0.833. The molecule has 0 heterocycles. The molecule has 0 radical (unpaired) electrons. The van der Waals surface area contributed by atoms with Crippen LogP contribution in [0.1, 0.15) is 335 Å². The van der Waals surface area contributed by atoms with Crippen LogP contribution in [0.15, 0.2) is 48.6 Å². The summed E-state index contributed by atoms with van der Waals surface area (Å²) >= 11 is 0. The Morgan fingerprint density at radius 1 is 0.292 bits per heavy atom. The lowest BCUT2D eigenvalue weighted by Gasteiger charge is -2.18. The van der Waals surface area contributed by atoms with E-state index < -0.39 is 6.10 Å². The first-order valence-electron chi connectivity index (χ1n) is 31.6. The van der Waals surface area contributed by atoms with Crippen LogP contribution >= 0.6 is 0 Å². The third-order valence-corrected chi connectivity index (χ3v) is 14.1. The Kier molecular flexibility index (Phi) is 58.7. The van der Waals surface area contributed by atoms with E-state index in [1.165, 1.54) is 225 Å². The maximum Gasteiger partial charge on any atom is 0.306 e. The highest BCUT2D eigenvalue weighted by atomic mass is 16.6. The minimum atomic E-state index is -0.805. The zero-order valence-electron chi connectivity index (χ0n) is 48.2. The largest absolute Gasteiger partial charge is 0.462 e. The quantitative estimate of drug-likeness (QED) is 0.0261. The molecule has 420 valence electrons. The SMILES string of the molecule is CC/C=C\C/C=C\C/C=C\C/C=C\CCC(=O)OC(COC(=O)CCCCCCCC)COC(=O)CCCCCCCCCCCCCCCCCCCCCCCCCCCCCCCCCCCCC. The van der Waals surface area contributed by atoms with Crippen LogP contribution in [-0.4, -0.2) is 37.2 Å². The molecule has 0 saturated heterocycles. The normalized spacial score (nSPS) is 12.3. The molecule has 0 N–H and O–H groups in total. The molecule has 0 rings (SSSR count). The van der Waals surface area contributed by atoms with Gasteiger partial charge >= 0.3 is 17.9 Å². The van der Waals surface area contributed by atoms with Crippen molar-refractivity contribution in [1.82, 2.24) is 0 Å². The van der Waals surface area contributed by atoms with Gasteiger partial charge in [0.1, 0.15) is 13.2 Å². The highest BCUT2D eigenvalue weighted by molar-refractivity contribution is 5.71. The second-order valence-electron chi connectivity index (χ2n) is 21.3. The van der Waals surface area contributed by atoms with E-state index in [0.717, 1.165) is 64.2 Å². The number of ether oxygens (including phenoxy) is 3. The summed E-state index contributed by atoms with van der Waals surface area (Å²) < 4.78 is 16.7. The molecule has 72 heavy (non-hydrogen) atoms. The lowest BCUT2D eigenvalue weighted by atomic mass is 10.0. The molecule has 1 unspecified atom stereocenters. The van der Waals surface area contributed by atoms with Crippen LogP contribution in [0.25, 0.3) is 0 Å². The van der Waals surface area contributed by atoms with E-state index in [1.54, 1.807) is 0 Å². The number of carbonyl (C=O) groups excluding carboxylic acids is 3. The molecule has 0 aliphatic rings. The van der Waals surface area contributed by atoms with Gasteiger partial charge in [-0.3, -0.25) is 14.4 Å². The topological polar surface area (TPSA) is 78.9 Å². The Labute approximate surface area is 448 Å². The molecule has 0 aliphatic heterocycles. The van der Waals surface area contributed by atoms with Crippen LogP contribution in [0.3, 0.4) is 0 Å². The predicted molar refractivity (Wildman–Crippen MR) is 312 cm³/mol. The van der Waals surface area contributed by atoms with Gasteiger partial charge in [-0.1, -0.05) is 320 Å². The Hall–Kier alpha value is -2.63. The number of rotatable bonds is 58. The van der Waals surface area contributed by atoms with Gasteiger partial charge in [0.05, 0.1) is 0 Å². The van der Waals surface area contributed by atoms with Crippen LogP contribution in [0, 0.1) is 0 Å². The van der Waals surface area contributed by atoms with Gasteiger partial charge in [0.15, 0.2) is 6.10 Å². The van der Waals surface area contributed by atoms with Crippen LogP contribution < -0.4 is 0 Å². The van der Waals surface area contributed by atoms with Crippen molar-refractivity contribution < 1.29 is 28.6 Å². The average molecular weight is 1010 g/mol. The molecule has 0 amide bonds. The zero-order valence-corrected chi connectivity index (χ0v) is 48.2. The van der Waals surface area contributed by atoms with Crippen LogP contribution in [-0.2, 0) is 28.6 Å². The van der Waals surface area contributed by atoms with Gasteiger partial charge in [0.2, 0.25) is 0 Å². The Morgan fingerprint density at radius 3 is 0.819 bits per heavy atom. The van der Waals surface area contributed by atoms with Crippen molar-refractivity contribution in [2.75, 3.05) is 13.2 Å². The first-order valence-corrected chi connectivity index (χ1v) is 31.6. The molecule has 6 heteroatoms. The molecule has 0 bridgehead atoms. The minimum Gasteiger partial charge on any atom is -0.462 e. The van der Waals surface area contributed by atoms with Gasteiger partial charge in [-0.05, 0) is 44.9 Å². The monoisotopic (exact) mass is 1010 g/mol. The number of unbranched alkanes of at least 4 members (excludes halogenated alkanes) is 39. The van der Waals surface area contributed by atoms with Crippen molar-refractivity contribution in [3.05, 3.63) is 48.6 Å². The van der Waals surface area contributed by atoms with E-state index in [1.807, 2.05) is 12.2 Å². The summed E-state index contributed by atoms with van der Waals surface area (Å²) in [5.41, 5.74) is 0. The number of hydrogen-bond acceptors (Lipinski definition) is 6. The van der Waals surface area contributed by atoms with E-state index >= 15 is 0 Å². The van der Waals surface area contributed by atoms with Crippen molar-refractivity contribution in [2.24, 2.45) is 0 Å². The smallest absolute Gasteiger partial charge is 0.306 e. The van der Waals surface area contributed by atoms with Crippen LogP contribution in [0.4, 0.5) is 0 Å². The van der Waals surface area contributed by atoms with Gasteiger partial charge in [-0.2, -0.15) is 0 Å². The maximum atomic E-state index is 12.7. The van der Waals surface area contributed by atoms with Crippen molar-refractivity contribution in [3.63, 3.8) is 0 Å². The molecule has 0 aromatic heterocycles. The molecular formula is C66H120O6. The van der Waals surface area contributed by atoms with Gasteiger partial charge < -0.3 is 14.2 Å². The lowest BCUT2D eigenvalue weighted by Crippen LogP contribution is -2.30. The summed E-state index contributed by atoms with van der Waals surface area (Å²) in [5.74, 6) is -0.980. The van der Waals surface area contributed by atoms with Crippen LogP contribution in [0.5, 0.6) is 0 Å². The Balaban J connectivity index is 3.87. The van der Waals surface area contributed by atoms with Crippen molar-refractivity contribution >= 4 is 17.9 Å². The fourth-order valence-corrected chi connectivity index (χ4v) is 9.40. The number of carbonyl (C=O) groups is 3. The third-order valence-electron chi connectivity index (χ3n) is 14.1. The summed E-state index contributed by atoms with van der Waals surface area (Å²) in [4.78, 5) is 37.8. The first-order chi connectivity index (χ1) is 35.5. The molecule has 1 atom stereocenters. The van der Waals surface area contributed by atoms with Crippen molar-refractivity contribution in [3.8, 4) is 0 Å². The Bertz CT molecular complexity index is 1250. The molecule has 0 aromatic carbocycles. The maximum absolute atomic E-state index is 12.7. The highest BCUT2D eigenvalue weighted by Crippen LogP contribution is 2.18. The summed E-state index contributed by atoms with van der Waals surface area (Å²) in [6.45, 7) is 6.43. The molecule has 6 nitrogen and oxygen atoms in total.